The molecule has 0 fully saturated rings. The molecule has 0 N–H and O–H groups in total. The second kappa shape index (κ2) is 6.25. The van der Waals surface area contributed by atoms with Gasteiger partial charge in [0.1, 0.15) is 5.75 Å². The van der Waals surface area contributed by atoms with Crippen molar-refractivity contribution in [2.75, 3.05) is 6.61 Å². The molecule has 0 amide bonds. The molecule has 2 nitrogen and oxygen atoms in total. The van der Waals surface area contributed by atoms with Crippen LogP contribution in [0.25, 0.3) is 10.9 Å². The van der Waals surface area contributed by atoms with Crippen LogP contribution in [0.5, 0.6) is 5.75 Å². The van der Waals surface area contributed by atoms with Crippen molar-refractivity contribution in [2.45, 2.75) is 39.5 Å². The highest BCUT2D eigenvalue weighted by Gasteiger charge is 2.12. The Morgan fingerprint density at radius 2 is 2.05 bits per heavy atom. The van der Waals surface area contributed by atoms with E-state index in [4.69, 9.17) is 16.3 Å². The summed E-state index contributed by atoms with van der Waals surface area (Å²) in [5, 5.41) is 1.09. The molecule has 19 heavy (non-hydrogen) atoms. The maximum Gasteiger partial charge on any atom is 0.133 e. The maximum absolute atomic E-state index is 5.99. The van der Waals surface area contributed by atoms with Gasteiger partial charge in [-0.3, -0.25) is 4.98 Å². The first-order valence-corrected chi connectivity index (χ1v) is 7.29. The molecule has 0 saturated carbocycles. The van der Waals surface area contributed by atoms with Gasteiger partial charge in [0, 0.05) is 10.9 Å². The Balaban J connectivity index is 2.54. The van der Waals surface area contributed by atoms with Gasteiger partial charge in [0.05, 0.1) is 23.7 Å². The normalized spacial score (nSPS) is 10.9. The van der Waals surface area contributed by atoms with Gasteiger partial charge >= 0.3 is 0 Å². The molecule has 0 atom stereocenters. The van der Waals surface area contributed by atoms with Crippen molar-refractivity contribution in [3.63, 3.8) is 0 Å². The van der Waals surface area contributed by atoms with Crippen molar-refractivity contribution in [1.29, 1.82) is 0 Å². The van der Waals surface area contributed by atoms with Crippen LogP contribution in [0.1, 0.15) is 36.6 Å². The topological polar surface area (TPSA) is 22.1 Å². The van der Waals surface area contributed by atoms with Crippen LogP contribution in [0, 0.1) is 13.8 Å². The number of ether oxygens (including phenoxy) is 1. The number of fused-ring (bicyclic) bond motifs is 1. The van der Waals surface area contributed by atoms with Gasteiger partial charge in [0.2, 0.25) is 0 Å². The Morgan fingerprint density at radius 3 is 2.74 bits per heavy atom. The Bertz CT molecular complexity index is 580. The predicted molar refractivity (Wildman–Crippen MR) is 81.2 cm³/mol. The van der Waals surface area contributed by atoms with E-state index in [1.807, 2.05) is 13.0 Å². The summed E-state index contributed by atoms with van der Waals surface area (Å²) >= 11 is 5.98. The molecule has 0 aliphatic rings. The van der Waals surface area contributed by atoms with E-state index in [1.54, 1.807) is 0 Å². The Morgan fingerprint density at radius 1 is 1.26 bits per heavy atom. The number of aryl methyl sites for hydroxylation is 1. The van der Waals surface area contributed by atoms with Crippen molar-refractivity contribution in [3.8, 4) is 5.75 Å². The molecular weight excluding hydrogens is 258 g/mol. The minimum atomic E-state index is 0.416. The zero-order chi connectivity index (χ0) is 13.8. The highest BCUT2D eigenvalue weighted by atomic mass is 35.5. The van der Waals surface area contributed by atoms with E-state index in [0.717, 1.165) is 47.4 Å². The van der Waals surface area contributed by atoms with Crippen LogP contribution in [0.3, 0.4) is 0 Å². The van der Waals surface area contributed by atoms with Crippen molar-refractivity contribution >= 4 is 22.5 Å². The Labute approximate surface area is 119 Å². The Hall–Kier alpha value is -1.28. The lowest BCUT2D eigenvalue weighted by Gasteiger charge is -2.14. The third-order valence-corrected chi connectivity index (χ3v) is 3.55. The number of unbranched alkanes of at least 4 members (excludes halogenated alkanes) is 1. The molecule has 0 bridgehead atoms. The highest BCUT2D eigenvalue weighted by Crippen LogP contribution is 2.31. The molecule has 0 unspecified atom stereocenters. The molecule has 0 spiro atoms. The number of hydrogen-bond acceptors (Lipinski definition) is 2. The zero-order valence-electron chi connectivity index (χ0n) is 11.8. The molecule has 1 aromatic heterocycles. The van der Waals surface area contributed by atoms with Gasteiger partial charge in [-0.05, 0) is 32.4 Å². The lowest BCUT2D eigenvalue weighted by atomic mass is 10.1. The predicted octanol–water partition coefficient (Wildman–Crippen LogP) is 4.77. The van der Waals surface area contributed by atoms with Crippen LogP contribution in [-0.4, -0.2) is 11.6 Å². The van der Waals surface area contributed by atoms with Gasteiger partial charge in [0.15, 0.2) is 0 Å². The molecule has 1 heterocycles. The van der Waals surface area contributed by atoms with E-state index in [0.29, 0.717) is 5.88 Å². The van der Waals surface area contributed by atoms with Crippen LogP contribution < -0.4 is 4.74 Å². The van der Waals surface area contributed by atoms with Crippen molar-refractivity contribution in [3.05, 3.63) is 35.0 Å². The van der Waals surface area contributed by atoms with E-state index in [9.17, 15) is 0 Å². The highest BCUT2D eigenvalue weighted by molar-refractivity contribution is 6.17. The summed E-state index contributed by atoms with van der Waals surface area (Å²) in [6.07, 6.45) is 2.19. The monoisotopic (exact) mass is 277 g/mol. The van der Waals surface area contributed by atoms with E-state index >= 15 is 0 Å². The number of aromatic nitrogens is 1. The van der Waals surface area contributed by atoms with Crippen molar-refractivity contribution < 1.29 is 4.74 Å². The first kappa shape index (κ1) is 14.1. The second-order valence-corrected chi connectivity index (χ2v) is 5.14. The van der Waals surface area contributed by atoms with Crippen molar-refractivity contribution in [1.82, 2.24) is 4.98 Å². The number of nitrogens with zero attached hydrogens (tertiary/aromatic N) is 1. The summed E-state index contributed by atoms with van der Waals surface area (Å²) in [5.74, 6) is 1.36. The maximum atomic E-state index is 5.99. The molecular formula is C16H20ClNO. The lowest BCUT2D eigenvalue weighted by molar-refractivity contribution is 0.310. The molecule has 0 saturated heterocycles. The van der Waals surface area contributed by atoms with Gasteiger partial charge < -0.3 is 4.74 Å². The molecule has 3 heteroatoms. The van der Waals surface area contributed by atoms with Gasteiger partial charge in [0.25, 0.3) is 0 Å². The largest absolute Gasteiger partial charge is 0.493 e. The molecule has 1 aromatic carbocycles. The minimum Gasteiger partial charge on any atom is -0.493 e. The van der Waals surface area contributed by atoms with E-state index < -0.39 is 0 Å². The molecule has 0 aliphatic heterocycles. The number of alkyl halides is 1. The fourth-order valence-electron chi connectivity index (χ4n) is 2.13. The van der Waals surface area contributed by atoms with Crippen LogP contribution in [-0.2, 0) is 5.88 Å². The average molecular weight is 278 g/mol. The number of hydrogen-bond donors (Lipinski definition) is 0. The SMILES string of the molecule is CCCCOc1c(C)c(CCl)nc2ccc(C)cc12. The second-order valence-electron chi connectivity index (χ2n) is 4.87. The standard InChI is InChI=1S/C16H20ClNO/c1-4-5-8-19-16-12(3)15(10-17)18-14-7-6-11(2)9-13(14)16/h6-7,9H,4-5,8,10H2,1-3H3. The van der Waals surface area contributed by atoms with Crippen molar-refractivity contribution in [2.24, 2.45) is 0 Å². The van der Waals surface area contributed by atoms with Gasteiger partial charge in [-0.25, -0.2) is 0 Å². The third-order valence-electron chi connectivity index (χ3n) is 3.30. The van der Waals surface area contributed by atoms with E-state index in [-0.39, 0.29) is 0 Å². The first-order valence-electron chi connectivity index (χ1n) is 6.76. The van der Waals surface area contributed by atoms with Gasteiger partial charge in [-0.2, -0.15) is 0 Å². The van der Waals surface area contributed by atoms with Crippen LogP contribution in [0.4, 0.5) is 0 Å². The number of pyridine rings is 1. The fraction of sp³-hybridized carbons (Fsp3) is 0.438. The number of halogens is 1. The molecule has 2 aromatic rings. The summed E-state index contributed by atoms with van der Waals surface area (Å²) < 4.78 is 5.99. The third kappa shape index (κ3) is 3.01. The first-order chi connectivity index (χ1) is 9.17. The molecule has 2 rings (SSSR count). The summed E-state index contributed by atoms with van der Waals surface area (Å²) in [5.41, 5.74) is 4.14. The number of rotatable bonds is 5. The van der Waals surface area contributed by atoms with E-state index in [1.165, 1.54) is 5.56 Å². The quantitative estimate of drug-likeness (QED) is 0.580. The lowest BCUT2D eigenvalue weighted by Crippen LogP contribution is -2.03. The minimum absolute atomic E-state index is 0.416. The summed E-state index contributed by atoms with van der Waals surface area (Å²) in [4.78, 5) is 4.61. The van der Waals surface area contributed by atoms with Gasteiger partial charge in [-0.1, -0.05) is 25.0 Å². The molecule has 0 radical (unpaired) electrons. The Kier molecular flexibility index (Phi) is 4.65. The summed E-state index contributed by atoms with van der Waals surface area (Å²) in [6, 6.07) is 6.24. The number of benzene rings is 1. The zero-order valence-corrected chi connectivity index (χ0v) is 12.5. The van der Waals surface area contributed by atoms with Gasteiger partial charge in [-0.15, -0.1) is 11.6 Å². The van der Waals surface area contributed by atoms with E-state index in [2.05, 4.69) is 31.0 Å². The summed E-state index contributed by atoms with van der Waals surface area (Å²) in [6.45, 7) is 7.02. The van der Waals surface area contributed by atoms with Crippen LogP contribution >= 0.6 is 11.6 Å². The fourth-order valence-corrected chi connectivity index (χ4v) is 2.39. The molecule has 102 valence electrons. The smallest absolute Gasteiger partial charge is 0.133 e. The van der Waals surface area contributed by atoms with Crippen LogP contribution in [0.2, 0.25) is 0 Å². The van der Waals surface area contributed by atoms with Crippen LogP contribution in [0.15, 0.2) is 18.2 Å². The average Bonchev–Trinajstić information content (AvgIpc) is 2.41. The molecule has 0 aliphatic carbocycles. The summed E-state index contributed by atoms with van der Waals surface area (Å²) in [7, 11) is 0.